The van der Waals surface area contributed by atoms with E-state index in [2.05, 4.69) is 20.6 Å². The predicted molar refractivity (Wildman–Crippen MR) is 117 cm³/mol. The van der Waals surface area contributed by atoms with Crippen LogP contribution in [0.15, 0.2) is 34.6 Å². The first-order valence-corrected chi connectivity index (χ1v) is 9.23. The number of halogens is 2. The molecule has 0 spiro atoms. The Labute approximate surface area is 175 Å². The van der Waals surface area contributed by atoms with Gasteiger partial charge in [-0.05, 0) is 30.5 Å². The van der Waals surface area contributed by atoms with Crippen molar-refractivity contribution < 1.29 is 4.39 Å². The van der Waals surface area contributed by atoms with E-state index in [1.807, 2.05) is 30.4 Å². The summed E-state index contributed by atoms with van der Waals surface area (Å²) in [7, 11) is 5.72. The number of aromatic nitrogens is 1. The van der Waals surface area contributed by atoms with Gasteiger partial charge in [0.05, 0.1) is 12.2 Å². The summed E-state index contributed by atoms with van der Waals surface area (Å²) >= 11 is 1.62. The first-order chi connectivity index (χ1) is 12.0. The van der Waals surface area contributed by atoms with Crippen LogP contribution >= 0.6 is 35.3 Å². The fraction of sp³-hybridized carbons (Fsp3) is 0.444. The number of aliphatic imine (C=N–C) groups is 1. The van der Waals surface area contributed by atoms with Gasteiger partial charge < -0.3 is 15.5 Å². The van der Waals surface area contributed by atoms with Gasteiger partial charge in [-0.25, -0.2) is 9.37 Å². The number of hydrogen-bond donors (Lipinski definition) is 2. The molecule has 5 nitrogen and oxygen atoms in total. The predicted octanol–water partition coefficient (Wildman–Crippen LogP) is 3.36. The molecular weight excluding hydrogens is 464 g/mol. The van der Waals surface area contributed by atoms with Crippen molar-refractivity contribution in [3.63, 3.8) is 0 Å². The quantitative estimate of drug-likeness (QED) is 0.371. The van der Waals surface area contributed by atoms with Crippen molar-refractivity contribution in [1.29, 1.82) is 0 Å². The van der Waals surface area contributed by atoms with Gasteiger partial charge in [-0.3, -0.25) is 4.99 Å². The molecule has 0 radical (unpaired) electrons. The molecule has 0 amide bonds. The average Bonchev–Trinajstić information content (AvgIpc) is 3.24. The molecule has 0 aliphatic heterocycles. The van der Waals surface area contributed by atoms with Crippen molar-refractivity contribution in [1.82, 2.24) is 15.6 Å². The molecule has 1 fully saturated rings. The summed E-state index contributed by atoms with van der Waals surface area (Å²) in [4.78, 5) is 10.8. The van der Waals surface area contributed by atoms with Crippen LogP contribution in [0.4, 0.5) is 9.52 Å². The summed E-state index contributed by atoms with van der Waals surface area (Å²) in [6.07, 6.45) is 2.14. The van der Waals surface area contributed by atoms with E-state index in [9.17, 15) is 4.39 Å². The van der Waals surface area contributed by atoms with Crippen molar-refractivity contribution in [3.8, 4) is 0 Å². The van der Waals surface area contributed by atoms with E-state index in [0.29, 0.717) is 6.54 Å². The molecule has 1 heterocycles. The van der Waals surface area contributed by atoms with Gasteiger partial charge in [0.2, 0.25) is 0 Å². The van der Waals surface area contributed by atoms with Gasteiger partial charge in [-0.2, -0.15) is 0 Å². The SMILES string of the molecule is CN=C(NCc1csc(N(C)C)n1)NCC1(c2cccc(F)c2)CC1.I. The van der Waals surface area contributed by atoms with Crippen LogP contribution in [0.3, 0.4) is 0 Å². The lowest BCUT2D eigenvalue weighted by Crippen LogP contribution is -2.41. The maximum atomic E-state index is 13.5. The minimum Gasteiger partial charge on any atom is -0.356 e. The summed E-state index contributed by atoms with van der Waals surface area (Å²) in [6.45, 7) is 1.37. The number of rotatable bonds is 6. The molecule has 2 N–H and O–H groups in total. The van der Waals surface area contributed by atoms with Gasteiger partial charge in [0, 0.05) is 38.5 Å². The molecule has 0 saturated heterocycles. The number of thiazole rings is 1. The van der Waals surface area contributed by atoms with Crippen molar-refractivity contribution in [2.45, 2.75) is 24.8 Å². The molecule has 1 saturated carbocycles. The maximum absolute atomic E-state index is 13.5. The third kappa shape index (κ3) is 5.06. The van der Waals surface area contributed by atoms with E-state index in [0.717, 1.165) is 41.7 Å². The summed E-state index contributed by atoms with van der Waals surface area (Å²) in [5.74, 6) is 0.564. The first kappa shape index (κ1) is 20.9. The third-order valence-electron chi connectivity index (χ3n) is 4.47. The smallest absolute Gasteiger partial charge is 0.191 e. The van der Waals surface area contributed by atoms with E-state index in [1.165, 1.54) is 6.07 Å². The van der Waals surface area contributed by atoms with E-state index in [4.69, 9.17) is 0 Å². The lowest BCUT2D eigenvalue weighted by atomic mass is 9.96. The van der Waals surface area contributed by atoms with E-state index < -0.39 is 0 Å². The number of guanidine groups is 1. The molecular formula is C18H25FIN5S. The second-order valence-corrected chi connectivity index (χ2v) is 7.42. The average molecular weight is 489 g/mol. The highest BCUT2D eigenvalue weighted by molar-refractivity contribution is 14.0. The van der Waals surface area contributed by atoms with Crippen LogP contribution in [-0.4, -0.2) is 38.6 Å². The Morgan fingerprint density at radius 3 is 2.69 bits per heavy atom. The van der Waals surface area contributed by atoms with Crippen molar-refractivity contribution in [2.24, 2.45) is 4.99 Å². The van der Waals surface area contributed by atoms with Crippen molar-refractivity contribution in [2.75, 3.05) is 32.6 Å². The Balaban J connectivity index is 0.00000243. The lowest BCUT2D eigenvalue weighted by molar-refractivity contribution is 0.607. The number of anilines is 1. The zero-order chi connectivity index (χ0) is 17.9. The number of nitrogens with zero attached hydrogens (tertiary/aromatic N) is 3. The van der Waals surface area contributed by atoms with Gasteiger partial charge in [0.1, 0.15) is 5.82 Å². The molecule has 3 rings (SSSR count). The van der Waals surface area contributed by atoms with E-state index in [-0.39, 0.29) is 35.2 Å². The number of benzene rings is 1. The minimum absolute atomic E-state index is 0. The number of hydrogen-bond acceptors (Lipinski definition) is 4. The van der Waals surface area contributed by atoms with Crippen LogP contribution < -0.4 is 15.5 Å². The lowest BCUT2D eigenvalue weighted by Gasteiger charge is -2.19. The zero-order valence-electron chi connectivity index (χ0n) is 15.3. The Kier molecular flexibility index (Phi) is 7.22. The highest BCUT2D eigenvalue weighted by atomic mass is 127. The van der Waals surface area contributed by atoms with Crippen molar-refractivity contribution in [3.05, 3.63) is 46.7 Å². The van der Waals surface area contributed by atoms with Crippen LogP contribution in [0, 0.1) is 5.82 Å². The Hall–Kier alpha value is -1.42. The molecule has 8 heteroatoms. The molecule has 0 atom stereocenters. The van der Waals surface area contributed by atoms with Gasteiger partial charge in [0.25, 0.3) is 0 Å². The molecule has 1 aromatic carbocycles. The summed E-state index contributed by atoms with van der Waals surface area (Å²) < 4.78 is 13.5. The molecule has 142 valence electrons. The molecule has 1 aliphatic carbocycles. The fourth-order valence-electron chi connectivity index (χ4n) is 2.77. The van der Waals surface area contributed by atoms with Crippen LogP contribution in [0.1, 0.15) is 24.1 Å². The van der Waals surface area contributed by atoms with Gasteiger partial charge in [0.15, 0.2) is 11.1 Å². The molecule has 2 aromatic rings. The monoisotopic (exact) mass is 489 g/mol. The maximum Gasteiger partial charge on any atom is 0.191 e. The standard InChI is InChI=1S/C18H24FN5S.HI/c1-20-16(21-10-15-11-25-17(23-15)24(2)3)22-12-18(7-8-18)13-5-4-6-14(19)9-13;/h4-6,9,11H,7-8,10,12H2,1-3H3,(H2,20,21,22);1H. The molecule has 26 heavy (non-hydrogen) atoms. The molecule has 1 aliphatic rings. The fourth-order valence-corrected chi connectivity index (χ4v) is 3.53. The highest BCUT2D eigenvalue weighted by Crippen LogP contribution is 2.47. The summed E-state index contributed by atoms with van der Waals surface area (Å²) in [5, 5.41) is 9.70. The summed E-state index contributed by atoms with van der Waals surface area (Å²) in [5.41, 5.74) is 2.08. The highest BCUT2D eigenvalue weighted by Gasteiger charge is 2.44. The third-order valence-corrected chi connectivity index (χ3v) is 5.52. The van der Waals surface area contributed by atoms with Crippen LogP contribution in [0.2, 0.25) is 0 Å². The van der Waals surface area contributed by atoms with Crippen LogP contribution in [-0.2, 0) is 12.0 Å². The van der Waals surface area contributed by atoms with E-state index >= 15 is 0 Å². The Bertz CT molecular complexity index is 758. The first-order valence-electron chi connectivity index (χ1n) is 8.35. The Morgan fingerprint density at radius 1 is 1.35 bits per heavy atom. The van der Waals surface area contributed by atoms with Crippen LogP contribution in [0.25, 0.3) is 0 Å². The number of nitrogens with one attached hydrogen (secondary N) is 2. The van der Waals surface area contributed by atoms with Gasteiger partial charge >= 0.3 is 0 Å². The summed E-state index contributed by atoms with van der Waals surface area (Å²) in [6, 6.07) is 6.92. The van der Waals surface area contributed by atoms with Crippen molar-refractivity contribution >= 4 is 46.4 Å². The second-order valence-electron chi connectivity index (χ2n) is 6.59. The molecule has 0 unspecified atom stereocenters. The van der Waals surface area contributed by atoms with Crippen LogP contribution in [0.5, 0.6) is 0 Å². The normalized spacial score (nSPS) is 15.2. The van der Waals surface area contributed by atoms with Gasteiger partial charge in [-0.1, -0.05) is 12.1 Å². The topological polar surface area (TPSA) is 52.6 Å². The van der Waals surface area contributed by atoms with E-state index in [1.54, 1.807) is 30.5 Å². The second kappa shape index (κ2) is 8.98. The molecule has 0 bridgehead atoms. The Morgan fingerprint density at radius 2 is 2.12 bits per heavy atom. The van der Waals surface area contributed by atoms with Gasteiger partial charge in [-0.15, -0.1) is 35.3 Å². The zero-order valence-corrected chi connectivity index (χ0v) is 18.4. The molecule has 1 aromatic heterocycles. The minimum atomic E-state index is -0.175. The largest absolute Gasteiger partial charge is 0.356 e.